The summed E-state index contributed by atoms with van der Waals surface area (Å²) in [7, 11) is -3.71. The van der Waals surface area contributed by atoms with E-state index in [1.54, 1.807) is 12.1 Å². The number of aryl methyl sites for hydroxylation is 2. The molecule has 0 heterocycles. The van der Waals surface area contributed by atoms with Crippen molar-refractivity contribution < 1.29 is 46.2 Å². The van der Waals surface area contributed by atoms with E-state index in [-0.39, 0.29) is 43.4 Å². The van der Waals surface area contributed by atoms with Gasteiger partial charge in [0.15, 0.2) is 0 Å². The Balaban J connectivity index is 0.00000242. The molecule has 113 valence electrons. The maximum absolute atomic E-state index is 11.9. The summed E-state index contributed by atoms with van der Waals surface area (Å²) in [6.07, 6.45) is 1.27. The van der Waals surface area contributed by atoms with E-state index in [9.17, 15) is 13.5 Å². The number of phenolic OH excluding ortho intramolecular Hbond substituents is 1. The molecule has 2 N–H and O–H groups in total. The Bertz CT molecular complexity index is 775. The number of hydrogen-bond acceptors (Lipinski definition) is 4. The van der Waals surface area contributed by atoms with Crippen LogP contribution in [0.2, 0.25) is 0 Å². The van der Waals surface area contributed by atoms with E-state index < -0.39 is 10.0 Å². The molecule has 0 spiro atoms. The molecule has 0 unspecified atom stereocenters. The van der Waals surface area contributed by atoms with E-state index >= 15 is 0 Å². The van der Waals surface area contributed by atoms with Gasteiger partial charge in [0.25, 0.3) is 10.0 Å². The van der Waals surface area contributed by atoms with Gasteiger partial charge in [-0.15, -0.1) is 0 Å². The summed E-state index contributed by atoms with van der Waals surface area (Å²) < 4.78 is 23.9. The van der Waals surface area contributed by atoms with Crippen LogP contribution in [0.3, 0.4) is 0 Å². The van der Waals surface area contributed by atoms with Crippen molar-refractivity contribution in [2.45, 2.75) is 18.7 Å². The zero-order valence-corrected chi connectivity index (χ0v) is 15.9. The molecule has 2 aromatic carbocycles. The van der Waals surface area contributed by atoms with Crippen LogP contribution in [0.5, 0.6) is 5.75 Å². The van der Waals surface area contributed by atoms with Crippen molar-refractivity contribution in [3.05, 3.63) is 59.2 Å². The number of sulfonamides is 1. The summed E-state index contributed by atoms with van der Waals surface area (Å²) in [6, 6.07) is 11.9. The average Bonchev–Trinajstić information content (AvgIpc) is 2.45. The van der Waals surface area contributed by atoms with Crippen LogP contribution in [-0.2, 0) is 42.7 Å². The van der Waals surface area contributed by atoms with Crippen LogP contribution in [0.25, 0.3) is 0 Å². The second kappa shape index (κ2) is 7.85. The van der Waals surface area contributed by atoms with Gasteiger partial charge >= 0.3 is 0 Å². The molecular weight excluding hydrogens is 377 g/mol. The van der Waals surface area contributed by atoms with Crippen molar-refractivity contribution in [1.29, 1.82) is 0 Å². The van der Waals surface area contributed by atoms with Crippen LogP contribution in [0.1, 0.15) is 16.7 Å². The first-order valence-electron chi connectivity index (χ1n) is 6.21. The zero-order chi connectivity index (χ0) is 15.5. The van der Waals surface area contributed by atoms with Crippen molar-refractivity contribution >= 4 is 16.2 Å². The van der Waals surface area contributed by atoms with Gasteiger partial charge in [-0.05, 0) is 42.0 Å². The van der Waals surface area contributed by atoms with Gasteiger partial charge in [-0.1, -0.05) is 0 Å². The second-order valence-corrected chi connectivity index (χ2v) is 6.24. The molecule has 0 aliphatic rings. The molecular formula is C15H15N2O3SY-. The van der Waals surface area contributed by atoms with E-state index in [0.29, 0.717) is 5.56 Å². The Morgan fingerprint density at radius 3 is 2.41 bits per heavy atom. The summed E-state index contributed by atoms with van der Waals surface area (Å²) >= 11 is 0. The van der Waals surface area contributed by atoms with Crippen LogP contribution >= 0.6 is 0 Å². The SMILES string of the molecule is Cc1cc(O)c(/C=N/NS(=O)(=O)c2cc[c-]cc2)cc1C.[Y]. The maximum atomic E-state index is 11.9. The number of hydrazone groups is 1. The monoisotopic (exact) mass is 392 g/mol. The molecule has 0 bridgehead atoms. The van der Waals surface area contributed by atoms with Crippen LogP contribution in [-0.4, -0.2) is 19.7 Å². The van der Waals surface area contributed by atoms with Crippen LogP contribution in [0.4, 0.5) is 0 Å². The number of benzene rings is 2. The second-order valence-electron chi connectivity index (χ2n) is 4.58. The first kappa shape index (κ1) is 18.8. The van der Waals surface area contributed by atoms with E-state index in [0.717, 1.165) is 11.1 Å². The predicted molar refractivity (Wildman–Crippen MR) is 80.8 cm³/mol. The minimum Gasteiger partial charge on any atom is -0.507 e. The molecule has 0 atom stereocenters. The van der Waals surface area contributed by atoms with E-state index in [4.69, 9.17) is 0 Å². The van der Waals surface area contributed by atoms with Gasteiger partial charge in [0.2, 0.25) is 0 Å². The Hall–Kier alpha value is -1.24. The summed E-state index contributed by atoms with van der Waals surface area (Å²) in [6.45, 7) is 3.78. The third-order valence-corrected chi connectivity index (χ3v) is 4.26. The first-order chi connectivity index (χ1) is 9.90. The minimum atomic E-state index is -3.71. The van der Waals surface area contributed by atoms with Crippen molar-refractivity contribution in [2.24, 2.45) is 5.10 Å². The molecule has 0 saturated heterocycles. The normalized spacial score (nSPS) is 11.2. The number of nitrogens with zero attached hydrogens (tertiary/aromatic N) is 1. The fourth-order valence-corrected chi connectivity index (χ4v) is 2.49. The molecule has 0 saturated carbocycles. The van der Waals surface area contributed by atoms with Gasteiger partial charge in [-0.2, -0.15) is 35.4 Å². The third-order valence-electron chi connectivity index (χ3n) is 3.02. The van der Waals surface area contributed by atoms with E-state index in [1.165, 1.54) is 30.5 Å². The largest absolute Gasteiger partial charge is 0.507 e. The smallest absolute Gasteiger partial charge is 0.253 e. The Morgan fingerprint density at radius 1 is 1.18 bits per heavy atom. The molecule has 0 aliphatic heterocycles. The standard InChI is InChI=1S/C15H15N2O3S.Y/c1-11-8-13(15(18)9-12(11)2)10-16-17-21(19,20)14-6-4-3-5-7-14;/h4-10,17-18H,1-2H3;/q-1;/b16-10+;. The van der Waals surface area contributed by atoms with Crippen LogP contribution in [0, 0.1) is 19.9 Å². The number of aromatic hydroxyl groups is 1. The van der Waals surface area contributed by atoms with Gasteiger partial charge < -0.3 is 5.11 Å². The van der Waals surface area contributed by atoms with Crippen molar-refractivity contribution in [3.63, 3.8) is 0 Å². The number of phenols is 1. The fraction of sp³-hybridized carbons (Fsp3) is 0.133. The third kappa shape index (κ3) is 4.63. The number of rotatable bonds is 4. The van der Waals surface area contributed by atoms with Crippen LogP contribution in [0.15, 0.2) is 46.4 Å². The average molecular weight is 392 g/mol. The molecule has 1 radical (unpaired) electrons. The molecule has 0 amide bonds. The number of hydrogen-bond donors (Lipinski definition) is 2. The molecule has 0 aliphatic carbocycles. The summed E-state index contributed by atoms with van der Waals surface area (Å²) in [4.78, 5) is 2.20. The van der Waals surface area contributed by atoms with Gasteiger partial charge in [0.1, 0.15) is 5.75 Å². The fourth-order valence-electron chi connectivity index (χ4n) is 1.70. The molecule has 0 aromatic heterocycles. The molecule has 2 aromatic rings. The predicted octanol–water partition coefficient (Wildman–Crippen LogP) is 2.12. The van der Waals surface area contributed by atoms with Crippen molar-refractivity contribution in [2.75, 3.05) is 0 Å². The maximum Gasteiger partial charge on any atom is 0.253 e. The van der Waals surface area contributed by atoms with E-state index in [1.807, 2.05) is 13.8 Å². The summed E-state index contributed by atoms with van der Waals surface area (Å²) in [5.41, 5.74) is 2.38. The van der Waals surface area contributed by atoms with Crippen LogP contribution < -0.4 is 4.83 Å². The minimum absolute atomic E-state index is 0. The molecule has 2 rings (SSSR count). The summed E-state index contributed by atoms with van der Waals surface area (Å²) in [5.74, 6) is 0.0513. The van der Waals surface area contributed by atoms with E-state index in [2.05, 4.69) is 16.0 Å². The van der Waals surface area contributed by atoms with Crippen molar-refractivity contribution in [3.8, 4) is 5.75 Å². The Morgan fingerprint density at radius 2 is 1.77 bits per heavy atom. The van der Waals surface area contributed by atoms with Gasteiger partial charge in [-0.3, -0.25) is 0 Å². The van der Waals surface area contributed by atoms with Gasteiger partial charge in [-0.25, -0.2) is 13.2 Å². The van der Waals surface area contributed by atoms with Crippen molar-refractivity contribution in [1.82, 2.24) is 4.83 Å². The van der Waals surface area contributed by atoms with Gasteiger partial charge in [0.05, 0.1) is 6.21 Å². The first-order valence-corrected chi connectivity index (χ1v) is 7.69. The quantitative estimate of drug-likeness (QED) is 0.475. The Kier molecular flexibility index (Phi) is 6.72. The van der Waals surface area contributed by atoms with Gasteiger partial charge in [0, 0.05) is 38.3 Å². The molecule has 0 fully saturated rings. The topological polar surface area (TPSA) is 78.8 Å². The molecule has 22 heavy (non-hydrogen) atoms. The Labute approximate surface area is 155 Å². The zero-order valence-electron chi connectivity index (χ0n) is 12.2. The summed E-state index contributed by atoms with van der Waals surface area (Å²) in [5, 5.41) is 13.5. The molecule has 5 nitrogen and oxygen atoms in total. The molecule has 7 heteroatoms. The number of nitrogens with one attached hydrogen (secondary N) is 1.